The second-order valence-corrected chi connectivity index (χ2v) is 7.12. The van der Waals surface area contributed by atoms with Crippen LogP contribution in [0.4, 0.5) is 0 Å². The van der Waals surface area contributed by atoms with E-state index in [1.807, 2.05) is 0 Å². The van der Waals surface area contributed by atoms with Crippen molar-refractivity contribution < 1.29 is 5.11 Å². The average molecular weight is 287 g/mol. The lowest BCUT2D eigenvalue weighted by molar-refractivity contribution is 0.300. The monoisotopic (exact) mass is 286 g/mol. The number of rotatable bonds is 4. The highest BCUT2D eigenvalue weighted by Crippen LogP contribution is 2.35. The molecule has 0 aromatic rings. The van der Waals surface area contributed by atoms with Crippen molar-refractivity contribution >= 4 is 32.7 Å². The van der Waals surface area contributed by atoms with Crippen molar-refractivity contribution in [3.8, 4) is 0 Å². The van der Waals surface area contributed by atoms with Crippen molar-refractivity contribution in [1.29, 1.82) is 0 Å². The van der Waals surface area contributed by atoms with Crippen molar-refractivity contribution in [2.24, 2.45) is 0 Å². The summed E-state index contributed by atoms with van der Waals surface area (Å²) in [6.45, 7) is 2.31. The van der Waals surface area contributed by atoms with Crippen molar-refractivity contribution in [3.05, 3.63) is 43.8 Å². The number of aliphatic hydroxyl groups excluding tert-OH is 1. The Hall–Kier alpha value is -0.283. The zero-order valence-electron chi connectivity index (χ0n) is 9.89. The second kappa shape index (κ2) is 5.57. The highest BCUT2D eigenvalue weighted by molar-refractivity contribution is 6.61. The molecule has 0 bridgehead atoms. The summed E-state index contributed by atoms with van der Waals surface area (Å²) in [6.07, 6.45) is 6.74. The Bertz CT molecular complexity index is 458. The van der Waals surface area contributed by atoms with E-state index in [4.69, 9.17) is 28.3 Å². The maximum Gasteiger partial charge on any atom is 0.0912 e. The van der Waals surface area contributed by atoms with Crippen LogP contribution in [0.5, 0.6) is 0 Å². The Kier molecular flexibility index (Phi) is 4.31. The molecule has 1 nitrogen and oxygen atoms in total. The molecule has 2 aliphatic rings. The van der Waals surface area contributed by atoms with Crippen LogP contribution < -0.4 is 0 Å². The van der Waals surface area contributed by atoms with Gasteiger partial charge >= 0.3 is 0 Å². The lowest BCUT2D eigenvalue weighted by Crippen LogP contribution is -2.05. The minimum absolute atomic E-state index is 0.190. The topological polar surface area (TPSA) is 20.2 Å². The largest absolute Gasteiger partial charge is 0.396 e. The molecule has 0 unspecified atom stereocenters. The van der Waals surface area contributed by atoms with Gasteiger partial charge in [0.2, 0.25) is 0 Å². The molecule has 0 aliphatic heterocycles. The van der Waals surface area contributed by atoms with Gasteiger partial charge < -0.3 is 5.11 Å². The Morgan fingerprint density at radius 2 is 1.82 bits per heavy atom. The third-order valence-corrected chi connectivity index (χ3v) is 7.15. The van der Waals surface area contributed by atoms with E-state index >= 15 is 0 Å². The number of aliphatic hydroxyl groups is 1. The summed E-state index contributed by atoms with van der Waals surface area (Å²) in [5, 5.41) is 13.6. The maximum atomic E-state index is 9.06. The van der Waals surface area contributed by atoms with Gasteiger partial charge in [0.25, 0.3) is 0 Å². The molecular weight excluding hydrogens is 271 g/mol. The van der Waals surface area contributed by atoms with Crippen LogP contribution in [0.2, 0.25) is 0 Å². The fraction of sp³-hybridized carbons (Fsp3) is 0.385. The third kappa shape index (κ3) is 2.76. The van der Waals surface area contributed by atoms with Gasteiger partial charge in [-0.15, -0.1) is 0 Å². The van der Waals surface area contributed by atoms with Gasteiger partial charge in [0.1, 0.15) is 0 Å². The number of halogens is 2. The lowest BCUT2D eigenvalue weighted by Gasteiger charge is -2.11. The molecule has 0 saturated carbocycles. The quantitative estimate of drug-likeness (QED) is 0.788. The minimum Gasteiger partial charge on any atom is -0.396 e. The average Bonchev–Trinajstić information content (AvgIpc) is 2.79. The molecule has 2 rings (SSSR count). The maximum absolute atomic E-state index is 9.06. The van der Waals surface area contributed by atoms with Crippen molar-refractivity contribution in [1.82, 2.24) is 0 Å². The van der Waals surface area contributed by atoms with E-state index in [2.05, 4.69) is 19.1 Å². The normalized spacial score (nSPS) is 20.9. The fourth-order valence-electron chi connectivity index (χ4n) is 2.33. The van der Waals surface area contributed by atoms with Crippen LogP contribution in [-0.2, 0) is 0 Å². The van der Waals surface area contributed by atoms with E-state index in [1.54, 1.807) is 0 Å². The molecule has 0 aromatic heterocycles. The molecule has 1 N–H and O–H groups in total. The van der Waals surface area contributed by atoms with Crippen molar-refractivity contribution in [3.63, 3.8) is 0 Å². The number of hydrogen-bond donors (Lipinski definition) is 1. The Morgan fingerprint density at radius 1 is 1.18 bits per heavy atom. The molecular formula is C13H16Cl2OSi. The third-order valence-electron chi connectivity index (χ3n) is 3.37. The standard InChI is InChI=1S/C13H16Cl2OSi/c1-8-2-4-10(14)12(8)17-13-9(6-7-16)3-5-11(13)15/h2-3,16H,4-7,17H2,1H3. The lowest BCUT2D eigenvalue weighted by atomic mass is 10.2. The van der Waals surface area contributed by atoms with E-state index in [9.17, 15) is 0 Å². The zero-order valence-corrected chi connectivity index (χ0v) is 12.8. The van der Waals surface area contributed by atoms with Crippen LogP contribution in [0.1, 0.15) is 26.2 Å². The molecule has 0 spiro atoms. The first-order chi connectivity index (χ1) is 8.13. The molecule has 4 heteroatoms. The van der Waals surface area contributed by atoms with Crippen LogP contribution in [0.15, 0.2) is 43.8 Å². The smallest absolute Gasteiger partial charge is 0.0912 e. The van der Waals surface area contributed by atoms with Crippen LogP contribution in [0.3, 0.4) is 0 Å². The van der Waals surface area contributed by atoms with Gasteiger partial charge in [-0.1, -0.05) is 40.9 Å². The molecule has 17 heavy (non-hydrogen) atoms. The summed E-state index contributed by atoms with van der Waals surface area (Å²) >= 11 is 12.5. The molecule has 2 aliphatic carbocycles. The SMILES string of the molecule is CC1=CCC(Cl)=C1[SiH2]C1=C(Cl)CC=C1CCO. The molecule has 0 amide bonds. The van der Waals surface area contributed by atoms with E-state index in [0.717, 1.165) is 22.9 Å². The van der Waals surface area contributed by atoms with Gasteiger partial charge in [-0.2, -0.15) is 0 Å². The summed E-state index contributed by atoms with van der Waals surface area (Å²) in [5.74, 6) is 0. The van der Waals surface area contributed by atoms with Gasteiger partial charge in [-0.25, -0.2) is 0 Å². The van der Waals surface area contributed by atoms with Crippen LogP contribution in [0.25, 0.3) is 0 Å². The first-order valence-electron chi connectivity index (χ1n) is 5.86. The van der Waals surface area contributed by atoms with Crippen LogP contribution in [0, 0.1) is 0 Å². The molecule has 0 saturated heterocycles. The summed E-state index contributed by atoms with van der Waals surface area (Å²) in [4.78, 5) is 0. The van der Waals surface area contributed by atoms with Crippen LogP contribution in [-0.4, -0.2) is 21.2 Å². The van der Waals surface area contributed by atoms with Crippen molar-refractivity contribution in [2.75, 3.05) is 6.61 Å². The van der Waals surface area contributed by atoms with Gasteiger partial charge in [0.15, 0.2) is 0 Å². The van der Waals surface area contributed by atoms with Crippen LogP contribution >= 0.6 is 23.2 Å². The van der Waals surface area contributed by atoms with Gasteiger partial charge in [-0.3, -0.25) is 0 Å². The first-order valence-corrected chi connectivity index (χ1v) is 8.03. The second-order valence-electron chi connectivity index (χ2n) is 4.44. The van der Waals surface area contributed by atoms with Gasteiger partial charge in [0, 0.05) is 29.5 Å². The molecule has 0 fully saturated rings. The zero-order chi connectivity index (χ0) is 12.4. The van der Waals surface area contributed by atoms with Gasteiger partial charge in [-0.05, 0) is 29.3 Å². The molecule has 92 valence electrons. The summed E-state index contributed by atoms with van der Waals surface area (Å²) in [7, 11) is -0.598. The highest BCUT2D eigenvalue weighted by atomic mass is 35.5. The van der Waals surface area contributed by atoms with E-state index in [1.165, 1.54) is 21.5 Å². The summed E-state index contributed by atoms with van der Waals surface area (Å²) < 4.78 is 0. The van der Waals surface area contributed by atoms with E-state index < -0.39 is 9.52 Å². The minimum atomic E-state index is -0.598. The van der Waals surface area contributed by atoms with Crippen molar-refractivity contribution in [2.45, 2.75) is 26.2 Å². The molecule has 0 aromatic carbocycles. The van der Waals surface area contributed by atoms with Gasteiger partial charge in [0.05, 0.1) is 9.52 Å². The fourth-order valence-corrected chi connectivity index (χ4v) is 5.15. The number of allylic oxidation sites excluding steroid dienone is 7. The summed E-state index contributed by atoms with van der Waals surface area (Å²) in [6, 6.07) is 0. The van der Waals surface area contributed by atoms with E-state index in [-0.39, 0.29) is 6.61 Å². The molecule has 0 atom stereocenters. The number of hydrogen-bond acceptors (Lipinski definition) is 1. The Balaban J connectivity index is 2.19. The summed E-state index contributed by atoms with van der Waals surface area (Å²) in [5.41, 5.74) is 2.55. The Labute approximate surface area is 114 Å². The Morgan fingerprint density at radius 3 is 2.41 bits per heavy atom. The highest BCUT2D eigenvalue weighted by Gasteiger charge is 2.21. The van der Waals surface area contributed by atoms with E-state index in [0.29, 0.717) is 6.42 Å². The first kappa shape index (κ1) is 13.2. The predicted octanol–water partition coefficient (Wildman–Crippen LogP) is 3.12. The molecule has 0 radical (unpaired) electrons. The molecule has 0 heterocycles. The predicted molar refractivity (Wildman–Crippen MR) is 77.1 cm³/mol.